The van der Waals surface area contributed by atoms with Crippen molar-refractivity contribution < 1.29 is 5.11 Å². The van der Waals surface area contributed by atoms with E-state index in [0.717, 1.165) is 11.1 Å². The molecule has 0 saturated heterocycles. The Bertz CT molecular complexity index is 460. The molecule has 0 radical (unpaired) electrons. The van der Waals surface area contributed by atoms with Gasteiger partial charge in [-0.15, -0.1) is 0 Å². The third kappa shape index (κ3) is 2.30. The summed E-state index contributed by atoms with van der Waals surface area (Å²) in [6, 6.07) is 0. The smallest absolute Gasteiger partial charge is 0.0817 e. The van der Waals surface area contributed by atoms with Crippen molar-refractivity contribution in [3.63, 3.8) is 0 Å². The zero-order valence-corrected chi connectivity index (χ0v) is 9.54. The van der Waals surface area contributed by atoms with E-state index < -0.39 is 6.10 Å². The van der Waals surface area contributed by atoms with E-state index in [2.05, 4.69) is 10.2 Å². The highest BCUT2D eigenvalue weighted by molar-refractivity contribution is 5.10. The second-order valence-corrected chi connectivity index (χ2v) is 3.92. The minimum atomic E-state index is -0.414. The summed E-state index contributed by atoms with van der Waals surface area (Å²) in [5.41, 5.74) is 1.97. The number of aryl methyl sites for hydroxylation is 1. The lowest BCUT2D eigenvalue weighted by Gasteiger charge is -2.02. The van der Waals surface area contributed by atoms with E-state index in [0.29, 0.717) is 13.0 Å². The lowest BCUT2D eigenvalue weighted by atomic mass is 10.2. The van der Waals surface area contributed by atoms with Crippen LogP contribution in [0.15, 0.2) is 24.8 Å². The molecule has 86 valence electrons. The average molecular weight is 220 g/mol. The molecule has 0 aliphatic heterocycles. The van der Waals surface area contributed by atoms with Crippen LogP contribution in [0.5, 0.6) is 0 Å². The molecule has 0 aromatic carbocycles. The number of nitrogens with zero attached hydrogens (tertiary/aromatic N) is 4. The summed E-state index contributed by atoms with van der Waals surface area (Å²) in [6.45, 7) is 2.63. The highest BCUT2D eigenvalue weighted by Gasteiger charge is 2.07. The highest BCUT2D eigenvalue weighted by Crippen LogP contribution is 2.15. The molecule has 2 aromatic heterocycles. The van der Waals surface area contributed by atoms with E-state index in [-0.39, 0.29) is 0 Å². The normalized spacial score (nSPS) is 12.9. The molecule has 1 atom stereocenters. The fourth-order valence-electron chi connectivity index (χ4n) is 1.61. The van der Waals surface area contributed by atoms with Gasteiger partial charge in [0.2, 0.25) is 0 Å². The topological polar surface area (TPSA) is 55.9 Å². The van der Waals surface area contributed by atoms with Crippen molar-refractivity contribution >= 4 is 0 Å². The van der Waals surface area contributed by atoms with Crippen LogP contribution in [0.25, 0.3) is 0 Å². The second kappa shape index (κ2) is 4.49. The van der Waals surface area contributed by atoms with Gasteiger partial charge in [-0.05, 0) is 6.42 Å². The van der Waals surface area contributed by atoms with Gasteiger partial charge in [0.15, 0.2) is 0 Å². The van der Waals surface area contributed by atoms with Gasteiger partial charge < -0.3 is 5.11 Å². The van der Waals surface area contributed by atoms with Crippen LogP contribution in [-0.4, -0.2) is 24.7 Å². The van der Waals surface area contributed by atoms with Crippen LogP contribution < -0.4 is 0 Å². The Kier molecular flexibility index (Phi) is 3.05. The zero-order chi connectivity index (χ0) is 11.5. The van der Waals surface area contributed by atoms with Gasteiger partial charge in [0, 0.05) is 30.6 Å². The maximum absolute atomic E-state index is 9.64. The van der Waals surface area contributed by atoms with Gasteiger partial charge in [-0.25, -0.2) is 0 Å². The molecule has 0 amide bonds. The van der Waals surface area contributed by atoms with Crippen molar-refractivity contribution in [3.05, 3.63) is 35.9 Å². The first-order valence-electron chi connectivity index (χ1n) is 5.37. The maximum Gasteiger partial charge on any atom is 0.0817 e. The Morgan fingerprint density at radius 1 is 1.31 bits per heavy atom. The fourth-order valence-corrected chi connectivity index (χ4v) is 1.61. The Hall–Kier alpha value is -1.62. The van der Waals surface area contributed by atoms with Crippen molar-refractivity contribution in [2.75, 3.05) is 0 Å². The molecule has 5 nitrogen and oxygen atoms in total. The predicted molar refractivity (Wildman–Crippen MR) is 59.8 cm³/mol. The van der Waals surface area contributed by atoms with E-state index in [9.17, 15) is 5.11 Å². The summed E-state index contributed by atoms with van der Waals surface area (Å²) >= 11 is 0. The number of hydrogen-bond donors (Lipinski definition) is 1. The average Bonchev–Trinajstić information content (AvgIpc) is 2.87. The SMILES string of the molecule is CCC(O)c1cnn(Cc2cnn(C)c2)c1. The summed E-state index contributed by atoms with van der Waals surface area (Å²) in [4.78, 5) is 0. The quantitative estimate of drug-likeness (QED) is 0.839. The number of aliphatic hydroxyl groups is 1. The molecule has 0 aliphatic rings. The monoisotopic (exact) mass is 220 g/mol. The summed E-state index contributed by atoms with van der Waals surface area (Å²) in [5, 5.41) is 17.9. The Morgan fingerprint density at radius 3 is 2.75 bits per heavy atom. The molecule has 5 heteroatoms. The molecule has 0 fully saturated rings. The standard InChI is InChI=1S/C11H16N4O/c1-3-11(16)10-5-13-15(8-10)7-9-4-12-14(2)6-9/h4-6,8,11,16H,3,7H2,1-2H3. The van der Waals surface area contributed by atoms with E-state index >= 15 is 0 Å². The Balaban J connectivity index is 2.08. The van der Waals surface area contributed by atoms with Crippen LogP contribution in [0.3, 0.4) is 0 Å². The summed E-state index contributed by atoms with van der Waals surface area (Å²) in [6.07, 6.45) is 7.65. The van der Waals surface area contributed by atoms with Gasteiger partial charge in [-0.2, -0.15) is 10.2 Å². The van der Waals surface area contributed by atoms with Crippen LogP contribution in [0, 0.1) is 0 Å². The van der Waals surface area contributed by atoms with Crippen LogP contribution in [-0.2, 0) is 13.6 Å². The first kappa shape index (κ1) is 10.9. The lowest BCUT2D eigenvalue weighted by Crippen LogP contribution is -1.99. The summed E-state index contributed by atoms with van der Waals surface area (Å²) in [7, 11) is 1.89. The maximum atomic E-state index is 9.64. The van der Waals surface area contributed by atoms with Crippen molar-refractivity contribution in [2.24, 2.45) is 7.05 Å². The van der Waals surface area contributed by atoms with Gasteiger partial charge in [-0.1, -0.05) is 6.92 Å². The molecular formula is C11H16N4O. The molecule has 16 heavy (non-hydrogen) atoms. The van der Waals surface area contributed by atoms with Crippen molar-refractivity contribution in [2.45, 2.75) is 26.0 Å². The molecule has 0 bridgehead atoms. The molecule has 0 saturated carbocycles. The number of aliphatic hydroxyl groups excluding tert-OH is 1. The van der Waals surface area contributed by atoms with Gasteiger partial charge >= 0.3 is 0 Å². The summed E-state index contributed by atoms with van der Waals surface area (Å²) in [5.74, 6) is 0. The third-order valence-corrected chi connectivity index (χ3v) is 2.53. The molecular weight excluding hydrogens is 204 g/mol. The molecule has 2 heterocycles. The number of aromatic nitrogens is 4. The van der Waals surface area contributed by atoms with Crippen molar-refractivity contribution in [1.82, 2.24) is 19.6 Å². The predicted octanol–water partition coefficient (Wildman–Crippen LogP) is 1.11. The molecule has 2 rings (SSSR count). The van der Waals surface area contributed by atoms with Crippen LogP contribution in [0.4, 0.5) is 0 Å². The van der Waals surface area contributed by atoms with E-state index in [1.807, 2.05) is 37.2 Å². The van der Waals surface area contributed by atoms with Crippen LogP contribution >= 0.6 is 0 Å². The van der Waals surface area contributed by atoms with Gasteiger partial charge in [0.1, 0.15) is 0 Å². The minimum Gasteiger partial charge on any atom is -0.388 e. The van der Waals surface area contributed by atoms with Gasteiger partial charge in [0.25, 0.3) is 0 Å². The lowest BCUT2D eigenvalue weighted by molar-refractivity contribution is 0.173. The van der Waals surface area contributed by atoms with Crippen LogP contribution in [0.2, 0.25) is 0 Å². The zero-order valence-electron chi connectivity index (χ0n) is 9.54. The Morgan fingerprint density at radius 2 is 2.12 bits per heavy atom. The minimum absolute atomic E-state index is 0.414. The van der Waals surface area contributed by atoms with Crippen molar-refractivity contribution in [1.29, 1.82) is 0 Å². The van der Waals surface area contributed by atoms with E-state index in [4.69, 9.17) is 0 Å². The van der Waals surface area contributed by atoms with Gasteiger partial charge in [0.05, 0.1) is 25.0 Å². The molecule has 0 spiro atoms. The molecule has 0 aliphatic carbocycles. The molecule has 1 N–H and O–H groups in total. The van der Waals surface area contributed by atoms with E-state index in [1.54, 1.807) is 10.9 Å². The van der Waals surface area contributed by atoms with Crippen LogP contribution in [0.1, 0.15) is 30.6 Å². The van der Waals surface area contributed by atoms with E-state index in [1.165, 1.54) is 0 Å². The van der Waals surface area contributed by atoms with Crippen molar-refractivity contribution in [3.8, 4) is 0 Å². The number of rotatable bonds is 4. The van der Waals surface area contributed by atoms with Gasteiger partial charge in [-0.3, -0.25) is 9.36 Å². The highest BCUT2D eigenvalue weighted by atomic mass is 16.3. The molecule has 1 unspecified atom stereocenters. The first-order chi connectivity index (χ1) is 7.69. The third-order valence-electron chi connectivity index (χ3n) is 2.53. The Labute approximate surface area is 94.3 Å². The largest absolute Gasteiger partial charge is 0.388 e. The summed E-state index contributed by atoms with van der Waals surface area (Å²) < 4.78 is 3.58. The molecule has 2 aromatic rings. The first-order valence-corrected chi connectivity index (χ1v) is 5.37. The second-order valence-electron chi connectivity index (χ2n) is 3.92. The fraction of sp³-hybridized carbons (Fsp3) is 0.455. The number of hydrogen-bond acceptors (Lipinski definition) is 3.